The average Bonchev–Trinajstić information content (AvgIpc) is 2.73. The van der Waals surface area contributed by atoms with Crippen molar-refractivity contribution in [2.75, 3.05) is 25.0 Å². The van der Waals surface area contributed by atoms with Crippen LogP contribution in [0.15, 0.2) is 48.5 Å². The van der Waals surface area contributed by atoms with Gasteiger partial charge in [-0.25, -0.2) is 0 Å². The maximum atomic E-state index is 12.4. The number of nitrogens with one attached hydrogen (secondary N) is 2. The van der Waals surface area contributed by atoms with Crippen LogP contribution in [0.3, 0.4) is 0 Å². The number of halogens is 1. The Bertz CT molecular complexity index is 815. The molecule has 1 saturated heterocycles. The number of rotatable bonds is 2. The topological polar surface area (TPSA) is 44.4 Å². The van der Waals surface area contributed by atoms with E-state index in [1.807, 2.05) is 18.2 Å². The van der Waals surface area contributed by atoms with Crippen molar-refractivity contribution >= 4 is 23.2 Å². The minimum absolute atomic E-state index is 0.148. The number of piperidine rings is 1. The van der Waals surface area contributed by atoms with Crippen LogP contribution in [-0.4, -0.2) is 36.0 Å². The Balaban J connectivity index is 1.49. The van der Waals surface area contributed by atoms with Gasteiger partial charge in [-0.15, -0.1) is 0 Å². The molecule has 0 radical (unpaired) electrons. The lowest BCUT2D eigenvalue weighted by molar-refractivity contribution is -0.122. The van der Waals surface area contributed by atoms with Crippen molar-refractivity contribution in [2.45, 2.75) is 37.8 Å². The second-order valence-corrected chi connectivity index (χ2v) is 8.11. The molecule has 2 aromatic rings. The monoisotopic (exact) mass is 383 g/mol. The third-order valence-electron chi connectivity index (χ3n) is 5.80. The summed E-state index contributed by atoms with van der Waals surface area (Å²) in [6.07, 6.45) is 3.28. The first-order valence-electron chi connectivity index (χ1n) is 9.72. The van der Waals surface area contributed by atoms with E-state index in [2.05, 4.69) is 45.9 Å². The SMILES string of the molecule is O=C1CC2(CCN(Cc3ccccc3Cl)CC2)Nc2ccccc2CCN1. The second kappa shape index (κ2) is 7.91. The number of hydrogen-bond donors (Lipinski definition) is 2. The molecule has 2 aliphatic rings. The molecule has 0 bridgehead atoms. The highest BCUT2D eigenvalue weighted by Gasteiger charge is 2.37. The van der Waals surface area contributed by atoms with Crippen LogP contribution < -0.4 is 10.6 Å². The Morgan fingerprint density at radius 3 is 2.59 bits per heavy atom. The maximum absolute atomic E-state index is 12.4. The Labute approximate surface area is 165 Å². The number of anilines is 1. The molecule has 2 N–H and O–H groups in total. The van der Waals surface area contributed by atoms with Gasteiger partial charge in [0.2, 0.25) is 5.91 Å². The summed E-state index contributed by atoms with van der Waals surface area (Å²) in [5.41, 5.74) is 3.44. The van der Waals surface area contributed by atoms with Crippen molar-refractivity contribution < 1.29 is 4.79 Å². The second-order valence-electron chi connectivity index (χ2n) is 7.71. The maximum Gasteiger partial charge on any atom is 0.222 e. The quantitative estimate of drug-likeness (QED) is 0.827. The van der Waals surface area contributed by atoms with Gasteiger partial charge in [0, 0.05) is 48.8 Å². The van der Waals surface area contributed by atoms with Crippen molar-refractivity contribution in [3.05, 3.63) is 64.7 Å². The minimum Gasteiger partial charge on any atom is -0.379 e. The number of carbonyl (C=O) groups excluding carboxylic acids is 1. The van der Waals surface area contributed by atoms with Gasteiger partial charge >= 0.3 is 0 Å². The zero-order chi connectivity index (χ0) is 18.7. The first-order valence-corrected chi connectivity index (χ1v) is 10.1. The molecule has 0 aliphatic carbocycles. The lowest BCUT2D eigenvalue weighted by Gasteiger charge is -2.43. The molecular formula is C22H26ClN3O. The number of amides is 1. The van der Waals surface area contributed by atoms with Crippen LogP contribution in [0, 0.1) is 0 Å². The molecule has 2 aliphatic heterocycles. The third kappa shape index (κ3) is 4.28. The summed E-state index contributed by atoms with van der Waals surface area (Å²) in [6.45, 7) is 3.46. The summed E-state index contributed by atoms with van der Waals surface area (Å²) < 4.78 is 0. The van der Waals surface area contributed by atoms with Crippen molar-refractivity contribution in [3.8, 4) is 0 Å². The Morgan fingerprint density at radius 2 is 1.78 bits per heavy atom. The van der Waals surface area contributed by atoms with E-state index < -0.39 is 0 Å². The molecule has 1 spiro atoms. The summed E-state index contributed by atoms with van der Waals surface area (Å²) in [5.74, 6) is 0.148. The number of fused-ring (bicyclic) bond motifs is 1. The van der Waals surface area contributed by atoms with Gasteiger partial charge in [0.15, 0.2) is 0 Å². The van der Waals surface area contributed by atoms with Crippen molar-refractivity contribution in [1.29, 1.82) is 0 Å². The molecule has 5 heteroatoms. The standard InChI is InChI=1S/C22H26ClN3O/c23-19-7-3-1-6-18(19)16-26-13-10-22(11-14-26)15-21(27)24-12-9-17-5-2-4-8-20(17)25-22/h1-8,25H,9-16H2,(H,24,27). The normalized spacial score (nSPS) is 20.0. The van der Waals surface area contributed by atoms with Gasteiger partial charge in [0.25, 0.3) is 0 Å². The van der Waals surface area contributed by atoms with E-state index in [1.165, 1.54) is 16.8 Å². The van der Waals surface area contributed by atoms with Gasteiger partial charge in [0.1, 0.15) is 0 Å². The lowest BCUT2D eigenvalue weighted by atomic mass is 9.83. The predicted octanol–water partition coefficient (Wildman–Crippen LogP) is 3.85. The smallest absolute Gasteiger partial charge is 0.222 e. The number of hydrogen-bond acceptors (Lipinski definition) is 3. The van der Waals surface area contributed by atoms with Crippen LogP contribution in [0.4, 0.5) is 5.69 Å². The first kappa shape index (κ1) is 18.3. The molecule has 4 nitrogen and oxygen atoms in total. The summed E-state index contributed by atoms with van der Waals surface area (Å²) in [7, 11) is 0. The number of nitrogens with zero attached hydrogens (tertiary/aromatic N) is 1. The molecule has 2 aromatic carbocycles. The highest BCUT2D eigenvalue weighted by atomic mass is 35.5. The molecule has 0 atom stereocenters. The van der Waals surface area contributed by atoms with Crippen LogP contribution in [-0.2, 0) is 17.8 Å². The van der Waals surface area contributed by atoms with Crippen LogP contribution in [0.25, 0.3) is 0 Å². The van der Waals surface area contributed by atoms with Gasteiger partial charge in [0.05, 0.1) is 0 Å². The Hall–Kier alpha value is -2.04. The van der Waals surface area contributed by atoms with E-state index in [-0.39, 0.29) is 11.4 Å². The largest absolute Gasteiger partial charge is 0.379 e. The van der Waals surface area contributed by atoms with Crippen LogP contribution in [0.1, 0.15) is 30.4 Å². The molecule has 1 fully saturated rings. The van der Waals surface area contributed by atoms with Gasteiger partial charge in [-0.2, -0.15) is 0 Å². The molecule has 0 saturated carbocycles. The number of likely N-dealkylation sites (tertiary alicyclic amines) is 1. The Morgan fingerprint density at radius 1 is 1.04 bits per heavy atom. The molecule has 0 aromatic heterocycles. The summed E-state index contributed by atoms with van der Waals surface area (Å²) in [5, 5.41) is 7.68. The average molecular weight is 384 g/mol. The zero-order valence-electron chi connectivity index (χ0n) is 15.5. The summed E-state index contributed by atoms with van der Waals surface area (Å²) >= 11 is 6.33. The lowest BCUT2D eigenvalue weighted by Crippen LogP contribution is -2.51. The summed E-state index contributed by atoms with van der Waals surface area (Å²) in [4.78, 5) is 14.9. The van der Waals surface area contributed by atoms with Gasteiger partial charge in [-0.05, 0) is 42.5 Å². The van der Waals surface area contributed by atoms with E-state index in [4.69, 9.17) is 11.6 Å². The fourth-order valence-electron chi connectivity index (χ4n) is 4.21. The van der Waals surface area contributed by atoms with Crippen LogP contribution in [0.5, 0.6) is 0 Å². The van der Waals surface area contributed by atoms with Gasteiger partial charge in [-0.1, -0.05) is 48.0 Å². The minimum atomic E-state index is -0.179. The molecule has 2 heterocycles. The molecule has 142 valence electrons. The summed E-state index contributed by atoms with van der Waals surface area (Å²) in [6, 6.07) is 16.5. The van der Waals surface area contributed by atoms with E-state index in [0.29, 0.717) is 13.0 Å². The third-order valence-corrected chi connectivity index (χ3v) is 6.17. The van der Waals surface area contributed by atoms with Crippen molar-refractivity contribution in [3.63, 3.8) is 0 Å². The fourth-order valence-corrected chi connectivity index (χ4v) is 4.40. The van der Waals surface area contributed by atoms with E-state index in [1.54, 1.807) is 0 Å². The molecule has 27 heavy (non-hydrogen) atoms. The fraction of sp³-hybridized carbons (Fsp3) is 0.409. The van der Waals surface area contributed by atoms with E-state index in [0.717, 1.165) is 43.9 Å². The van der Waals surface area contributed by atoms with Gasteiger partial charge < -0.3 is 10.6 Å². The highest BCUT2D eigenvalue weighted by molar-refractivity contribution is 6.31. The molecule has 4 rings (SSSR count). The number of para-hydroxylation sites is 1. The van der Waals surface area contributed by atoms with E-state index in [9.17, 15) is 4.79 Å². The highest BCUT2D eigenvalue weighted by Crippen LogP contribution is 2.33. The van der Waals surface area contributed by atoms with Gasteiger partial charge in [-0.3, -0.25) is 9.69 Å². The number of benzene rings is 2. The molecule has 1 amide bonds. The molecular weight excluding hydrogens is 358 g/mol. The van der Waals surface area contributed by atoms with E-state index >= 15 is 0 Å². The Kier molecular flexibility index (Phi) is 5.37. The van der Waals surface area contributed by atoms with Crippen molar-refractivity contribution in [2.24, 2.45) is 0 Å². The van der Waals surface area contributed by atoms with Crippen LogP contribution in [0.2, 0.25) is 5.02 Å². The van der Waals surface area contributed by atoms with Crippen molar-refractivity contribution in [1.82, 2.24) is 10.2 Å². The van der Waals surface area contributed by atoms with Crippen LogP contribution >= 0.6 is 11.6 Å². The first-order chi connectivity index (χ1) is 13.1. The predicted molar refractivity (Wildman–Crippen MR) is 110 cm³/mol. The number of carbonyl (C=O) groups is 1. The zero-order valence-corrected chi connectivity index (χ0v) is 16.3. The molecule has 0 unspecified atom stereocenters.